The number of aliphatic hydroxyl groups is 1. The molecule has 0 atom stereocenters. The molecule has 0 radical (unpaired) electrons. The van der Waals surface area contributed by atoms with E-state index in [1.165, 1.54) is 0 Å². The number of nitrogens with one attached hydrogen (secondary N) is 1. The summed E-state index contributed by atoms with van der Waals surface area (Å²) < 4.78 is 0. The van der Waals surface area contributed by atoms with Gasteiger partial charge in [-0.15, -0.1) is 11.8 Å². The molecule has 17 heavy (non-hydrogen) atoms. The van der Waals surface area contributed by atoms with E-state index >= 15 is 0 Å². The van der Waals surface area contributed by atoms with Gasteiger partial charge in [-0.3, -0.25) is 4.79 Å². The van der Waals surface area contributed by atoms with E-state index < -0.39 is 0 Å². The molecular weight excluding hydrogens is 258 g/mol. The summed E-state index contributed by atoms with van der Waals surface area (Å²) in [6.45, 7) is 0.642. The molecule has 3 nitrogen and oxygen atoms in total. The first-order valence-corrected chi connectivity index (χ1v) is 6.95. The zero-order chi connectivity index (χ0) is 12.5. The quantitative estimate of drug-likeness (QED) is 0.748. The van der Waals surface area contributed by atoms with Crippen molar-refractivity contribution in [1.29, 1.82) is 0 Å². The third-order valence-corrected chi connectivity index (χ3v) is 3.29. The summed E-state index contributed by atoms with van der Waals surface area (Å²) in [7, 11) is 0. The van der Waals surface area contributed by atoms with Crippen LogP contribution in [0.25, 0.3) is 0 Å². The Balaban J connectivity index is 2.17. The van der Waals surface area contributed by atoms with Crippen LogP contribution >= 0.6 is 23.4 Å². The number of rotatable bonds is 7. The fraction of sp³-hybridized carbons (Fsp3) is 0.417. The molecule has 94 valence electrons. The lowest BCUT2D eigenvalue weighted by Gasteiger charge is -2.04. The summed E-state index contributed by atoms with van der Waals surface area (Å²) in [4.78, 5) is 11.3. The van der Waals surface area contributed by atoms with Crippen LogP contribution < -0.4 is 5.32 Å². The van der Waals surface area contributed by atoms with Crippen molar-refractivity contribution in [2.75, 3.05) is 18.9 Å². The maximum atomic E-state index is 11.3. The van der Waals surface area contributed by atoms with Crippen molar-refractivity contribution in [2.24, 2.45) is 0 Å². The molecule has 0 aliphatic heterocycles. The van der Waals surface area contributed by atoms with Gasteiger partial charge in [0, 0.05) is 23.9 Å². The van der Waals surface area contributed by atoms with Gasteiger partial charge in [0.2, 0.25) is 5.91 Å². The van der Waals surface area contributed by atoms with Crippen molar-refractivity contribution >= 4 is 29.3 Å². The van der Waals surface area contributed by atoms with Crippen molar-refractivity contribution in [3.63, 3.8) is 0 Å². The monoisotopic (exact) mass is 273 g/mol. The summed E-state index contributed by atoms with van der Waals surface area (Å²) in [6.07, 6.45) is 0.602. The smallest absolute Gasteiger partial charge is 0.230 e. The van der Waals surface area contributed by atoms with Gasteiger partial charge in [-0.05, 0) is 24.1 Å². The molecule has 1 aromatic rings. The molecular formula is C12H16ClNO2S. The number of amides is 1. The van der Waals surface area contributed by atoms with Gasteiger partial charge in [-0.2, -0.15) is 0 Å². The van der Waals surface area contributed by atoms with Crippen molar-refractivity contribution < 1.29 is 9.90 Å². The minimum Gasteiger partial charge on any atom is -0.396 e. The Morgan fingerprint density at radius 1 is 1.47 bits per heavy atom. The predicted octanol–water partition coefficient (Wildman–Crippen LogP) is 2.07. The summed E-state index contributed by atoms with van der Waals surface area (Å²) >= 11 is 7.41. The standard InChI is InChI=1S/C12H16ClNO2S/c13-11-4-1-3-10(7-11)8-17-9-12(16)14-5-2-6-15/h1,3-4,7,15H,2,5-6,8-9H2,(H,14,16). The molecule has 0 fully saturated rings. The first kappa shape index (κ1) is 14.4. The fourth-order valence-electron chi connectivity index (χ4n) is 1.25. The third-order valence-electron chi connectivity index (χ3n) is 2.05. The Hall–Kier alpha value is -0.710. The van der Waals surface area contributed by atoms with E-state index in [4.69, 9.17) is 16.7 Å². The Morgan fingerprint density at radius 2 is 2.29 bits per heavy atom. The van der Waals surface area contributed by atoms with Crippen molar-refractivity contribution in [3.8, 4) is 0 Å². The van der Waals surface area contributed by atoms with Crippen molar-refractivity contribution in [1.82, 2.24) is 5.32 Å². The Kier molecular flexibility index (Phi) is 7.08. The molecule has 2 N–H and O–H groups in total. The van der Waals surface area contributed by atoms with Crippen LogP contribution in [0.1, 0.15) is 12.0 Å². The zero-order valence-corrected chi connectivity index (χ0v) is 11.1. The van der Waals surface area contributed by atoms with Crippen LogP contribution in [-0.4, -0.2) is 29.9 Å². The summed E-state index contributed by atoms with van der Waals surface area (Å²) in [5, 5.41) is 12.0. The number of benzene rings is 1. The fourth-order valence-corrected chi connectivity index (χ4v) is 2.26. The first-order valence-electron chi connectivity index (χ1n) is 5.42. The van der Waals surface area contributed by atoms with E-state index in [1.54, 1.807) is 11.8 Å². The molecule has 0 aliphatic rings. The average molecular weight is 274 g/mol. The first-order chi connectivity index (χ1) is 8.22. The molecule has 0 aliphatic carbocycles. The molecule has 1 aromatic carbocycles. The Labute approximate surface area is 111 Å². The van der Waals surface area contributed by atoms with Gasteiger partial charge in [0.1, 0.15) is 0 Å². The number of thioether (sulfide) groups is 1. The number of aliphatic hydroxyl groups excluding tert-OH is 1. The zero-order valence-electron chi connectivity index (χ0n) is 9.49. The molecule has 0 saturated heterocycles. The number of carbonyl (C=O) groups excluding carboxylic acids is 1. The van der Waals surface area contributed by atoms with Crippen LogP contribution in [0, 0.1) is 0 Å². The highest BCUT2D eigenvalue weighted by atomic mass is 35.5. The average Bonchev–Trinajstić information content (AvgIpc) is 2.29. The lowest BCUT2D eigenvalue weighted by Crippen LogP contribution is -2.26. The normalized spacial score (nSPS) is 10.2. The van der Waals surface area contributed by atoms with Crippen LogP contribution in [0.2, 0.25) is 5.02 Å². The van der Waals surface area contributed by atoms with Crippen LogP contribution in [0.4, 0.5) is 0 Å². The van der Waals surface area contributed by atoms with Gasteiger partial charge >= 0.3 is 0 Å². The number of carbonyl (C=O) groups is 1. The van der Waals surface area contributed by atoms with Gasteiger partial charge in [0.25, 0.3) is 0 Å². The molecule has 0 bridgehead atoms. The topological polar surface area (TPSA) is 49.3 Å². The van der Waals surface area contributed by atoms with Crippen molar-refractivity contribution in [3.05, 3.63) is 34.9 Å². The minimum absolute atomic E-state index is 0.00507. The molecule has 0 aromatic heterocycles. The highest BCUT2D eigenvalue weighted by Crippen LogP contribution is 2.16. The van der Waals surface area contributed by atoms with E-state index in [0.29, 0.717) is 18.7 Å². The van der Waals surface area contributed by atoms with Gasteiger partial charge in [-0.25, -0.2) is 0 Å². The van der Waals surface area contributed by atoms with Crippen LogP contribution in [-0.2, 0) is 10.5 Å². The predicted molar refractivity (Wildman–Crippen MR) is 72.3 cm³/mol. The third kappa shape index (κ3) is 6.56. The van der Waals surface area contributed by atoms with E-state index in [9.17, 15) is 4.79 Å². The Morgan fingerprint density at radius 3 is 3.00 bits per heavy atom. The lowest BCUT2D eigenvalue weighted by atomic mass is 10.2. The van der Waals surface area contributed by atoms with Gasteiger partial charge in [0.15, 0.2) is 0 Å². The van der Waals surface area contributed by atoms with Crippen LogP contribution in [0.15, 0.2) is 24.3 Å². The largest absolute Gasteiger partial charge is 0.396 e. The number of hydrogen-bond donors (Lipinski definition) is 2. The van der Waals surface area contributed by atoms with Crippen LogP contribution in [0.5, 0.6) is 0 Å². The van der Waals surface area contributed by atoms with E-state index in [-0.39, 0.29) is 12.5 Å². The summed E-state index contributed by atoms with van der Waals surface area (Å²) in [5.41, 5.74) is 1.12. The molecule has 0 heterocycles. The highest BCUT2D eigenvalue weighted by molar-refractivity contribution is 7.99. The van der Waals surface area contributed by atoms with Gasteiger partial charge < -0.3 is 10.4 Å². The van der Waals surface area contributed by atoms with Gasteiger partial charge in [-0.1, -0.05) is 23.7 Å². The van der Waals surface area contributed by atoms with E-state index in [2.05, 4.69) is 5.32 Å². The molecule has 1 rings (SSSR count). The lowest BCUT2D eigenvalue weighted by molar-refractivity contribution is -0.118. The second kappa shape index (κ2) is 8.39. The highest BCUT2D eigenvalue weighted by Gasteiger charge is 2.01. The molecule has 5 heteroatoms. The van der Waals surface area contributed by atoms with Crippen molar-refractivity contribution in [2.45, 2.75) is 12.2 Å². The Bertz CT molecular complexity index is 360. The number of hydrogen-bond acceptors (Lipinski definition) is 3. The molecule has 1 amide bonds. The molecule has 0 saturated carbocycles. The van der Waals surface area contributed by atoms with Crippen LogP contribution in [0.3, 0.4) is 0 Å². The summed E-state index contributed by atoms with van der Waals surface area (Å²) in [5.74, 6) is 1.21. The molecule has 0 unspecified atom stereocenters. The van der Waals surface area contributed by atoms with E-state index in [1.807, 2.05) is 24.3 Å². The minimum atomic E-state index is 0.00507. The van der Waals surface area contributed by atoms with Gasteiger partial charge in [0.05, 0.1) is 5.75 Å². The number of halogens is 1. The SMILES string of the molecule is O=C(CSCc1cccc(Cl)c1)NCCCO. The maximum absolute atomic E-state index is 11.3. The maximum Gasteiger partial charge on any atom is 0.230 e. The molecule has 0 spiro atoms. The van der Waals surface area contributed by atoms with E-state index in [0.717, 1.165) is 16.3 Å². The second-order valence-corrected chi connectivity index (χ2v) is 4.97. The second-order valence-electron chi connectivity index (χ2n) is 3.55. The summed E-state index contributed by atoms with van der Waals surface area (Å²) in [6, 6.07) is 7.62.